The molecule has 0 saturated carbocycles. The molecular weight excluding hydrogens is 314 g/mol. The van der Waals surface area contributed by atoms with Crippen LogP contribution in [-0.2, 0) is 22.3 Å². The van der Waals surface area contributed by atoms with Crippen molar-refractivity contribution in [3.8, 4) is 0 Å². The lowest BCUT2D eigenvalue weighted by Gasteiger charge is -2.33. The van der Waals surface area contributed by atoms with E-state index in [2.05, 4.69) is 10.6 Å². The van der Waals surface area contributed by atoms with Crippen molar-refractivity contribution in [3.05, 3.63) is 29.8 Å². The Labute approximate surface area is 139 Å². The summed E-state index contributed by atoms with van der Waals surface area (Å²) in [4.78, 5) is 23.0. The predicted molar refractivity (Wildman–Crippen MR) is 89.1 cm³/mol. The molecule has 0 aliphatic carbocycles. The molecule has 6 nitrogen and oxygen atoms in total. The highest BCUT2D eigenvalue weighted by Crippen LogP contribution is 2.29. The van der Waals surface area contributed by atoms with Gasteiger partial charge in [-0.2, -0.15) is 0 Å². The van der Waals surface area contributed by atoms with Crippen LogP contribution in [0.25, 0.3) is 0 Å². The number of hydrogen-bond acceptors (Lipinski definition) is 3. The van der Waals surface area contributed by atoms with Gasteiger partial charge in [0.1, 0.15) is 17.3 Å². The van der Waals surface area contributed by atoms with Crippen molar-refractivity contribution in [3.63, 3.8) is 0 Å². The number of carbonyl (C=O) groups is 2. The van der Waals surface area contributed by atoms with Crippen LogP contribution in [0.4, 0.5) is 4.79 Å². The predicted octanol–water partition coefficient (Wildman–Crippen LogP) is 1.44. The molecule has 23 heavy (non-hydrogen) atoms. The summed E-state index contributed by atoms with van der Waals surface area (Å²) >= 11 is 0. The molecule has 2 atom stereocenters. The zero-order valence-corrected chi connectivity index (χ0v) is 14.5. The molecule has 0 saturated heterocycles. The van der Waals surface area contributed by atoms with Crippen LogP contribution in [0.2, 0.25) is 0 Å². The average Bonchev–Trinajstić information content (AvgIpc) is 2.80. The number of carbonyl (C=O) groups excluding carboxylic acids is 2. The normalized spacial score (nSPS) is 19.0. The molecule has 1 aliphatic rings. The Hall–Kier alpha value is -1.73. The molecule has 0 aromatic heterocycles. The largest absolute Gasteiger partial charge is 0.334 e. The summed E-state index contributed by atoms with van der Waals surface area (Å²) in [5.41, 5.74) is 0.848. The Bertz CT molecular complexity index is 613. The molecule has 2 amide bonds. The van der Waals surface area contributed by atoms with Gasteiger partial charge in [-0.1, -0.05) is 39.0 Å². The van der Waals surface area contributed by atoms with E-state index in [1.54, 1.807) is 0 Å². The average molecular weight is 337 g/mol. The van der Waals surface area contributed by atoms with Crippen molar-refractivity contribution >= 4 is 23.3 Å². The first kappa shape index (κ1) is 17.6. The van der Waals surface area contributed by atoms with Gasteiger partial charge in [-0.15, -0.1) is 0 Å². The molecule has 7 heteroatoms. The Balaban J connectivity index is 2.06. The fourth-order valence-corrected chi connectivity index (χ4v) is 3.78. The van der Waals surface area contributed by atoms with E-state index in [4.69, 9.17) is 0 Å². The summed E-state index contributed by atoms with van der Waals surface area (Å²) in [6, 6.07) is 7.08. The van der Waals surface area contributed by atoms with Gasteiger partial charge in [0.2, 0.25) is 0 Å². The van der Waals surface area contributed by atoms with Gasteiger partial charge >= 0.3 is 6.03 Å². The SMILES string of the molecule is CC(C)(C)C(CN1Cc2ccccc2S1=O)NC(=O)NCC=O. The van der Waals surface area contributed by atoms with Gasteiger partial charge in [0, 0.05) is 19.1 Å². The van der Waals surface area contributed by atoms with Crippen molar-refractivity contribution in [2.24, 2.45) is 5.41 Å². The summed E-state index contributed by atoms with van der Waals surface area (Å²) in [6.07, 6.45) is 0.637. The zero-order chi connectivity index (χ0) is 17.0. The van der Waals surface area contributed by atoms with E-state index in [9.17, 15) is 13.8 Å². The van der Waals surface area contributed by atoms with E-state index in [1.807, 2.05) is 49.3 Å². The molecule has 126 valence electrons. The summed E-state index contributed by atoms with van der Waals surface area (Å²) < 4.78 is 14.4. The zero-order valence-electron chi connectivity index (χ0n) is 13.7. The van der Waals surface area contributed by atoms with Crippen molar-refractivity contribution in [1.82, 2.24) is 14.9 Å². The van der Waals surface area contributed by atoms with Crippen molar-refractivity contribution in [2.45, 2.75) is 38.3 Å². The fraction of sp³-hybridized carbons (Fsp3) is 0.500. The molecule has 1 heterocycles. The van der Waals surface area contributed by atoms with Crippen molar-refractivity contribution in [2.75, 3.05) is 13.1 Å². The van der Waals surface area contributed by atoms with Crippen LogP contribution >= 0.6 is 0 Å². The Morgan fingerprint density at radius 2 is 2.09 bits per heavy atom. The monoisotopic (exact) mass is 337 g/mol. The third-order valence-electron chi connectivity index (χ3n) is 3.82. The highest BCUT2D eigenvalue weighted by Gasteiger charge is 2.33. The number of urea groups is 1. The maximum Gasteiger partial charge on any atom is 0.315 e. The lowest BCUT2D eigenvalue weighted by molar-refractivity contribution is -0.107. The van der Waals surface area contributed by atoms with Crippen LogP contribution in [0.1, 0.15) is 26.3 Å². The molecule has 0 spiro atoms. The third kappa shape index (κ3) is 4.39. The van der Waals surface area contributed by atoms with Crippen LogP contribution in [0.15, 0.2) is 29.2 Å². The Morgan fingerprint density at radius 3 is 2.70 bits per heavy atom. The van der Waals surface area contributed by atoms with Crippen LogP contribution in [0.3, 0.4) is 0 Å². The molecule has 2 rings (SSSR count). The van der Waals surface area contributed by atoms with Crippen LogP contribution in [0, 0.1) is 5.41 Å². The summed E-state index contributed by atoms with van der Waals surface area (Å²) in [6.45, 7) is 7.10. The lowest BCUT2D eigenvalue weighted by atomic mass is 9.86. The molecule has 1 aliphatic heterocycles. The number of nitrogens with one attached hydrogen (secondary N) is 2. The number of rotatable bonds is 5. The minimum Gasteiger partial charge on any atom is -0.334 e. The Kier molecular flexibility index (Phi) is 5.54. The first-order chi connectivity index (χ1) is 10.8. The molecule has 1 aromatic carbocycles. The van der Waals surface area contributed by atoms with Crippen LogP contribution < -0.4 is 10.6 Å². The second-order valence-corrected chi connectivity index (χ2v) is 8.07. The van der Waals surface area contributed by atoms with Gasteiger partial charge < -0.3 is 15.4 Å². The van der Waals surface area contributed by atoms with E-state index in [1.165, 1.54) is 0 Å². The van der Waals surface area contributed by atoms with Crippen LogP contribution in [0.5, 0.6) is 0 Å². The highest BCUT2D eigenvalue weighted by atomic mass is 32.2. The standard InChI is InChI=1S/C16H23N3O3S/c1-16(2,3)14(18-15(21)17-8-9-20)11-19-10-12-6-4-5-7-13(12)23(19)22/h4-7,9,14H,8,10-11H2,1-3H3,(H2,17,18,21). The van der Waals surface area contributed by atoms with Gasteiger partial charge in [-0.25, -0.2) is 13.3 Å². The first-order valence-electron chi connectivity index (χ1n) is 7.55. The molecule has 0 bridgehead atoms. The molecule has 2 unspecified atom stereocenters. The third-order valence-corrected chi connectivity index (χ3v) is 5.35. The smallest absolute Gasteiger partial charge is 0.315 e. The van der Waals surface area contributed by atoms with Gasteiger partial charge in [-0.05, 0) is 17.0 Å². The summed E-state index contributed by atoms with van der Waals surface area (Å²) in [5.74, 6) is 0. The second kappa shape index (κ2) is 7.23. The molecule has 0 fully saturated rings. The highest BCUT2D eigenvalue weighted by molar-refractivity contribution is 7.83. The minimum absolute atomic E-state index is 0.0240. The maximum atomic E-state index is 12.6. The van der Waals surface area contributed by atoms with Crippen LogP contribution in [-0.4, -0.2) is 40.0 Å². The number of fused-ring (bicyclic) bond motifs is 1. The van der Waals surface area contributed by atoms with E-state index in [0.29, 0.717) is 19.4 Å². The lowest BCUT2D eigenvalue weighted by Crippen LogP contribution is -2.53. The van der Waals surface area contributed by atoms with Gasteiger partial charge in [0.15, 0.2) is 0 Å². The molecule has 0 radical (unpaired) electrons. The topological polar surface area (TPSA) is 78.5 Å². The number of benzene rings is 1. The van der Waals surface area contributed by atoms with E-state index in [0.717, 1.165) is 10.5 Å². The summed E-state index contributed by atoms with van der Waals surface area (Å²) in [7, 11) is -1.21. The first-order valence-corrected chi connectivity index (χ1v) is 8.66. The quantitative estimate of drug-likeness (QED) is 0.798. The molecular formula is C16H23N3O3S. The van der Waals surface area contributed by atoms with E-state index < -0.39 is 11.0 Å². The minimum atomic E-state index is -1.21. The molecule has 1 aromatic rings. The van der Waals surface area contributed by atoms with Gasteiger partial charge in [0.25, 0.3) is 0 Å². The Morgan fingerprint density at radius 1 is 1.39 bits per heavy atom. The molecule has 2 N–H and O–H groups in total. The van der Waals surface area contributed by atoms with E-state index in [-0.39, 0.29) is 24.0 Å². The number of hydrogen-bond donors (Lipinski definition) is 2. The van der Waals surface area contributed by atoms with Crippen molar-refractivity contribution < 1.29 is 13.8 Å². The maximum absolute atomic E-state index is 12.6. The van der Waals surface area contributed by atoms with Crippen molar-refractivity contribution in [1.29, 1.82) is 0 Å². The number of amides is 2. The van der Waals surface area contributed by atoms with Gasteiger partial charge in [-0.3, -0.25) is 0 Å². The fourth-order valence-electron chi connectivity index (χ4n) is 2.41. The number of aldehydes is 1. The second-order valence-electron chi connectivity index (χ2n) is 6.62. The van der Waals surface area contributed by atoms with E-state index >= 15 is 0 Å². The number of nitrogens with zero attached hydrogens (tertiary/aromatic N) is 1. The van der Waals surface area contributed by atoms with Gasteiger partial charge in [0.05, 0.1) is 11.4 Å². The summed E-state index contributed by atoms with van der Waals surface area (Å²) in [5, 5.41) is 5.36.